The summed E-state index contributed by atoms with van der Waals surface area (Å²) in [5.41, 5.74) is 33.1. The molecule has 45 heavy (non-hydrogen) atoms. The van der Waals surface area contributed by atoms with Gasteiger partial charge < -0.3 is 41.9 Å². The second kappa shape index (κ2) is 13.4. The maximum Gasteiger partial charge on any atom is 0.125 e. The Kier molecular flexibility index (Phi) is 9.23. The average Bonchev–Trinajstić information content (AvgIpc) is 3.05. The molecule has 0 saturated heterocycles. The molecule has 0 spiro atoms. The van der Waals surface area contributed by atoms with Gasteiger partial charge in [0.1, 0.15) is 23.0 Å². The Morgan fingerprint density at radius 2 is 0.844 bits per heavy atom. The van der Waals surface area contributed by atoms with E-state index in [1.54, 1.807) is 28.4 Å². The normalized spacial score (nSPS) is 11.1. The van der Waals surface area contributed by atoms with Crippen molar-refractivity contribution in [3.05, 3.63) is 130 Å². The number of hydrogen-bond acceptors (Lipinski definition) is 8. The van der Waals surface area contributed by atoms with Gasteiger partial charge in [-0.05, 0) is 41.8 Å². The van der Waals surface area contributed by atoms with Crippen LogP contribution in [0.1, 0.15) is 45.2 Å². The lowest BCUT2D eigenvalue weighted by Gasteiger charge is -2.26. The van der Waals surface area contributed by atoms with E-state index in [4.69, 9.17) is 41.9 Å². The second-order valence-electron chi connectivity index (χ2n) is 10.9. The van der Waals surface area contributed by atoms with E-state index in [9.17, 15) is 0 Å². The fraction of sp³-hybridized carbons (Fsp3) is 0.189. The van der Waals surface area contributed by atoms with Crippen molar-refractivity contribution < 1.29 is 18.9 Å². The summed E-state index contributed by atoms with van der Waals surface area (Å²) in [4.78, 5) is 0. The molecule has 0 fully saturated rings. The molecule has 5 rings (SSSR count). The highest BCUT2D eigenvalue weighted by atomic mass is 16.5. The van der Waals surface area contributed by atoms with Gasteiger partial charge in [0.15, 0.2) is 0 Å². The van der Waals surface area contributed by atoms with Crippen LogP contribution in [0.5, 0.6) is 23.0 Å². The second-order valence-corrected chi connectivity index (χ2v) is 10.9. The summed E-state index contributed by atoms with van der Waals surface area (Å²) in [7, 11) is 6.61. The van der Waals surface area contributed by atoms with E-state index in [0.717, 1.165) is 33.4 Å². The Morgan fingerprint density at radius 3 is 1.24 bits per heavy atom. The van der Waals surface area contributed by atoms with Crippen LogP contribution < -0.4 is 41.9 Å². The standard InChI is InChI=1S/C37H40N4O4/c1-42-33-18-24(38)8-12-28(33)32(29-13-9-25(39)19-34(29)43-2)17-22-6-5-7-23(16-22)37(30-14-10-26(40)20-35(30)44-3)31-15-11-27(41)21-36(31)45-4/h5-16,18-21,32,37H,17,38-41H2,1-4H3. The van der Waals surface area contributed by atoms with Crippen LogP contribution in [0.15, 0.2) is 97.1 Å². The van der Waals surface area contributed by atoms with Crippen LogP contribution in [0, 0.1) is 0 Å². The van der Waals surface area contributed by atoms with Gasteiger partial charge in [-0.2, -0.15) is 0 Å². The molecule has 0 aromatic heterocycles. The predicted molar refractivity (Wildman–Crippen MR) is 183 cm³/mol. The van der Waals surface area contributed by atoms with Gasteiger partial charge >= 0.3 is 0 Å². The minimum absolute atomic E-state index is 0.137. The fourth-order valence-corrected chi connectivity index (χ4v) is 6.01. The molecule has 0 aliphatic carbocycles. The number of hydrogen-bond donors (Lipinski definition) is 4. The molecule has 5 aromatic carbocycles. The number of nitrogens with two attached hydrogens (primary N) is 4. The van der Waals surface area contributed by atoms with Crippen LogP contribution in [0.4, 0.5) is 22.7 Å². The third-order valence-electron chi connectivity index (χ3n) is 8.13. The molecule has 0 heterocycles. The van der Waals surface area contributed by atoms with Crippen LogP contribution in [0.25, 0.3) is 0 Å². The van der Waals surface area contributed by atoms with Gasteiger partial charge in [-0.15, -0.1) is 0 Å². The minimum atomic E-state index is -0.244. The van der Waals surface area contributed by atoms with Crippen molar-refractivity contribution in [2.75, 3.05) is 51.4 Å². The highest BCUT2D eigenvalue weighted by molar-refractivity contribution is 5.61. The Labute approximate surface area is 264 Å². The number of anilines is 4. The van der Waals surface area contributed by atoms with Gasteiger partial charge in [-0.25, -0.2) is 0 Å². The molecule has 0 atom stereocenters. The first-order valence-electron chi connectivity index (χ1n) is 14.6. The molecule has 0 bridgehead atoms. The molecule has 8 nitrogen and oxygen atoms in total. The molecule has 8 N–H and O–H groups in total. The molecule has 0 saturated carbocycles. The van der Waals surface area contributed by atoms with Gasteiger partial charge in [-0.1, -0.05) is 48.5 Å². The smallest absolute Gasteiger partial charge is 0.125 e. The van der Waals surface area contributed by atoms with E-state index in [0.29, 0.717) is 52.2 Å². The van der Waals surface area contributed by atoms with E-state index < -0.39 is 0 Å². The first-order valence-corrected chi connectivity index (χ1v) is 14.6. The highest BCUT2D eigenvalue weighted by Crippen LogP contribution is 2.44. The van der Waals surface area contributed by atoms with Crippen LogP contribution in [0.3, 0.4) is 0 Å². The number of benzene rings is 5. The van der Waals surface area contributed by atoms with Gasteiger partial charge in [0.25, 0.3) is 0 Å². The SMILES string of the molecule is COc1cc(N)ccc1C(Cc1cccc(C(c2ccc(N)cc2OC)c2ccc(N)cc2OC)c1)c1ccc(N)cc1OC. The van der Waals surface area contributed by atoms with Crippen molar-refractivity contribution in [1.29, 1.82) is 0 Å². The van der Waals surface area contributed by atoms with E-state index in [1.807, 2.05) is 72.8 Å². The molecule has 0 aliphatic rings. The molecule has 232 valence electrons. The third-order valence-corrected chi connectivity index (χ3v) is 8.13. The first kappa shape index (κ1) is 30.9. The highest BCUT2D eigenvalue weighted by Gasteiger charge is 2.27. The summed E-state index contributed by atoms with van der Waals surface area (Å²) in [5, 5.41) is 0. The van der Waals surface area contributed by atoms with Gasteiger partial charge in [0, 0.05) is 81.1 Å². The summed E-state index contributed by atoms with van der Waals surface area (Å²) >= 11 is 0. The zero-order valence-corrected chi connectivity index (χ0v) is 26.0. The van der Waals surface area contributed by atoms with Crippen LogP contribution in [0.2, 0.25) is 0 Å². The largest absolute Gasteiger partial charge is 0.496 e. The fourth-order valence-electron chi connectivity index (χ4n) is 6.01. The summed E-state index contributed by atoms with van der Waals surface area (Å²) in [6.45, 7) is 0. The summed E-state index contributed by atoms with van der Waals surface area (Å²) in [5.74, 6) is 2.38. The number of rotatable bonds is 11. The zero-order chi connectivity index (χ0) is 32.1. The minimum Gasteiger partial charge on any atom is -0.496 e. The van der Waals surface area contributed by atoms with Crippen molar-refractivity contribution in [3.63, 3.8) is 0 Å². The first-order chi connectivity index (χ1) is 21.8. The van der Waals surface area contributed by atoms with Crippen LogP contribution >= 0.6 is 0 Å². The molecule has 0 aliphatic heterocycles. The lowest BCUT2D eigenvalue weighted by atomic mass is 9.81. The topological polar surface area (TPSA) is 141 Å². The average molecular weight is 605 g/mol. The molecule has 0 unspecified atom stereocenters. The van der Waals surface area contributed by atoms with Crippen molar-refractivity contribution in [1.82, 2.24) is 0 Å². The quantitative estimate of drug-likeness (QED) is 0.0976. The van der Waals surface area contributed by atoms with E-state index in [-0.39, 0.29) is 11.8 Å². The lowest BCUT2D eigenvalue weighted by Crippen LogP contribution is -2.11. The lowest BCUT2D eigenvalue weighted by molar-refractivity contribution is 0.399. The number of nitrogen functional groups attached to an aromatic ring is 4. The maximum atomic E-state index is 6.15. The van der Waals surface area contributed by atoms with Gasteiger partial charge in [0.05, 0.1) is 28.4 Å². The molecule has 0 radical (unpaired) electrons. The van der Waals surface area contributed by atoms with E-state index in [2.05, 4.69) is 24.3 Å². The Balaban J connectivity index is 1.68. The molecule has 0 amide bonds. The Bertz CT molecular complexity index is 1700. The Hall–Kier alpha value is -5.50. The monoisotopic (exact) mass is 604 g/mol. The Morgan fingerprint density at radius 1 is 0.467 bits per heavy atom. The van der Waals surface area contributed by atoms with Gasteiger partial charge in [-0.3, -0.25) is 0 Å². The zero-order valence-electron chi connectivity index (χ0n) is 26.0. The van der Waals surface area contributed by atoms with Crippen LogP contribution in [-0.2, 0) is 6.42 Å². The predicted octanol–water partition coefficient (Wildman–Crippen LogP) is 6.60. The summed E-state index contributed by atoms with van der Waals surface area (Å²) in [6.07, 6.45) is 0.638. The molecular formula is C37H40N4O4. The molecule has 5 aromatic rings. The number of ether oxygens (including phenoxy) is 4. The van der Waals surface area contributed by atoms with Crippen molar-refractivity contribution >= 4 is 22.7 Å². The third kappa shape index (κ3) is 6.55. The maximum absolute atomic E-state index is 6.15. The summed E-state index contributed by atoms with van der Waals surface area (Å²) in [6, 6.07) is 31.5. The molecule has 8 heteroatoms. The molecular weight excluding hydrogens is 564 g/mol. The van der Waals surface area contributed by atoms with E-state index in [1.165, 1.54) is 0 Å². The van der Waals surface area contributed by atoms with Crippen LogP contribution in [-0.4, -0.2) is 28.4 Å². The van der Waals surface area contributed by atoms with Gasteiger partial charge in [0.2, 0.25) is 0 Å². The van der Waals surface area contributed by atoms with Crippen molar-refractivity contribution in [3.8, 4) is 23.0 Å². The summed E-state index contributed by atoms with van der Waals surface area (Å²) < 4.78 is 23.3. The van der Waals surface area contributed by atoms with Crippen molar-refractivity contribution in [2.45, 2.75) is 18.3 Å². The van der Waals surface area contributed by atoms with E-state index >= 15 is 0 Å². The number of methoxy groups -OCH3 is 4. The van der Waals surface area contributed by atoms with Crippen molar-refractivity contribution in [2.24, 2.45) is 0 Å².